The molecule has 140 valence electrons. The number of ketones is 1. The molecule has 28 heavy (non-hydrogen) atoms. The van der Waals surface area contributed by atoms with Gasteiger partial charge in [-0.1, -0.05) is 24.3 Å². The van der Waals surface area contributed by atoms with Crippen LogP contribution in [0.1, 0.15) is 15.9 Å². The molecule has 0 amide bonds. The summed E-state index contributed by atoms with van der Waals surface area (Å²) in [5.74, 6) is 1.05. The Morgan fingerprint density at radius 2 is 1.64 bits per heavy atom. The number of carbonyl (C=O) groups excluding carboxylic acids is 1. The third-order valence-corrected chi connectivity index (χ3v) is 4.75. The van der Waals surface area contributed by atoms with Gasteiger partial charge in [-0.15, -0.1) is 0 Å². The van der Waals surface area contributed by atoms with E-state index in [2.05, 4.69) is 0 Å². The number of rotatable bonds is 5. The van der Waals surface area contributed by atoms with E-state index in [4.69, 9.17) is 9.47 Å². The average Bonchev–Trinajstić information content (AvgIpc) is 3.09. The number of methoxy groups -OCH3 is 2. The van der Waals surface area contributed by atoms with Crippen LogP contribution in [0.25, 0.3) is 16.6 Å². The molecule has 0 aliphatic carbocycles. The number of carbonyl (C=O) groups is 1. The predicted molar refractivity (Wildman–Crippen MR) is 108 cm³/mol. The van der Waals surface area contributed by atoms with E-state index in [0.29, 0.717) is 28.3 Å². The molecule has 0 radical (unpaired) electrons. The van der Waals surface area contributed by atoms with E-state index in [1.54, 1.807) is 37.6 Å². The van der Waals surface area contributed by atoms with Gasteiger partial charge in [-0.3, -0.25) is 4.79 Å². The van der Waals surface area contributed by atoms with Gasteiger partial charge in [0.2, 0.25) is 0 Å². The first kappa shape index (κ1) is 17.7. The highest BCUT2D eigenvalue weighted by Crippen LogP contribution is 2.33. The number of benzene rings is 3. The molecule has 0 aliphatic heterocycles. The summed E-state index contributed by atoms with van der Waals surface area (Å²) in [6, 6.07) is 19.9. The third-order valence-electron chi connectivity index (χ3n) is 4.75. The van der Waals surface area contributed by atoms with Gasteiger partial charge in [-0.05, 0) is 36.4 Å². The van der Waals surface area contributed by atoms with E-state index in [-0.39, 0.29) is 11.5 Å². The number of ether oxygens (including phenoxy) is 2. The molecule has 0 aliphatic rings. The third kappa shape index (κ3) is 2.87. The van der Waals surface area contributed by atoms with Gasteiger partial charge in [0.1, 0.15) is 17.2 Å². The highest BCUT2D eigenvalue weighted by Gasteiger charge is 2.20. The molecule has 0 unspecified atom stereocenters. The normalized spacial score (nSPS) is 10.8. The fraction of sp³-hybridized carbons (Fsp3) is 0.0870. The molecule has 0 fully saturated rings. The lowest BCUT2D eigenvalue weighted by molar-refractivity contribution is 0.103. The fourth-order valence-corrected chi connectivity index (χ4v) is 3.37. The van der Waals surface area contributed by atoms with Crippen molar-refractivity contribution in [2.45, 2.75) is 0 Å². The number of fused-ring (bicyclic) bond motifs is 1. The van der Waals surface area contributed by atoms with E-state index in [1.165, 1.54) is 7.11 Å². The standard InChI is InChI=1S/C23H19NO4/c1-27-15-11-12-18(22(13-15)28-2)23(26)17-8-4-6-10-20(17)24-14-21(25)16-7-3-5-9-19(16)24/h3-14,25H,1-2H3. The Kier molecular flexibility index (Phi) is 4.49. The molecule has 0 saturated carbocycles. The van der Waals surface area contributed by atoms with Crippen LogP contribution in [0.3, 0.4) is 0 Å². The number of hydrogen-bond acceptors (Lipinski definition) is 4. The van der Waals surface area contributed by atoms with Crippen LogP contribution in [0.5, 0.6) is 17.2 Å². The fourth-order valence-electron chi connectivity index (χ4n) is 3.37. The first-order valence-electron chi connectivity index (χ1n) is 8.79. The number of para-hydroxylation sites is 2. The van der Waals surface area contributed by atoms with Gasteiger partial charge in [0.25, 0.3) is 0 Å². The van der Waals surface area contributed by atoms with E-state index >= 15 is 0 Å². The molecule has 1 aromatic heterocycles. The van der Waals surface area contributed by atoms with Crippen molar-refractivity contribution in [2.75, 3.05) is 14.2 Å². The van der Waals surface area contributed by atoms with E-state index in [0.717, 1.165) is 10.9 Å². The van der Waals surface area contributed by atoms with Crippen LogP contribution >= 0.6 is 0 Å². The van der Waals surface area contributed by atoms with Gasteiger partial charge >= 0.3 is 0 Å². The van der Waals surface area contributed by atoms with Crippen LogP contribution in [0.4, 0.5) is 0 Å². The first-order chi connectivity index (χ1) is 13.6. The second-order valence-electron chi connectivity index (χ2n) is 6.31. The van der Waals surface area contributed by atoms with Crippen molar-refractivity contribution < 1.29 is 19.4 Å². The molecule has 0 atom stereocenters. The van der Waals surface area contributed by atoms with Gasteiger partial charge < -0.3 is 19.1 Å². The van der Waals surface area contributed by atoms with Crippen molar-refractivity contribution in [1.82, 2.24) is 4.57 Å². The zero-order chi connectivity index (χ0) is 19.7. The summed E-state index contributed by atoms with van der Waals surface area (Å²) < 4.78 is 12.4. The summed E-state index contributed by atoms with van der Waals surface area (Å²) in [6.07, 6.45) is 1.63. The molecule has 0 bridgehead atoms. The van der Waals surface area contributed by atoms with Crippen molar-refractivity contribution >= 4 is 16.7 Å². The SMILES string of the molecule is COc1ccc(C(=O)c2ccccc2-n2cc(O)c3ccccc32)c(OC)c1. The highest BCUT2D eigenvalue weighted by molar-refractivity contribution is 6.13. The van der Waals surface area contributed by atoms with Crippen LogP contribution in [-0.4, -0.2) is 29.7 Å². The monoisotopic (exact) mass is 373 g/mol. The summed E-state index contributed by atoms with van der Waals surface area (Å²) in [4.78, 5) is 13.4. The Bertz CT molecular complexity index is 1180. The van der Waals surface area contributed by atoms with Crippen LogP contribution in [0, 0.1) is 0 Å². The second kappa shape index (κ2) is 7.12. The molecule has 4 aromatic rings. The number of hydrogen-bond donors (Lipinski definition) is 1. The molecular formula is C23H19NO4. The smallest absolute Gasteiger partial charge is 0.198 e. The van der Waals surface area contributed by atoms with Crippen LogP contribution in [0.2, 0.25) is 0 Å². The predicted octanol–water partition coefficient (Wildman–Crippen LogP) is 4.58. The Morgan fingerprint density at radius 3 is 2.43 bits per heavy atom. The Balaban J connectivity index is 1.88. The number of nitrogens with zero attached hydrogens (tertiary/aromatic N) is 1. The molecule has 1 heterocycles. The minimum atomic E-state index is -0.174. The van der Waals surface area contributed by atoms with Gasteiger partial charge in [0.15, 0.2) is 5.78 Å². The van der Waals surface area contributed by atoms with Crippen molar-refractivity contribution in [3.63, 3.8) is 0 Å². The Morgan fingerprint density at radius 1 is 0.893 bits per heavy atom. The number of aromatic hydroxyl groups is 1. The van der Waals surface area contributed by atoms with Crippen molar-refractivity contribution in [2.24, 2.45) is 0 Å². The van der Waals surface area contributed by atoms with Crippen LogP contribution in [-0.2, 0) is 0 Å². The summed E-state index contributed by atoms with van der Waals surface area (Å²) in [5, 5.41) is 11.0. The lowest BCUT2D eigenvalue weighted by Crippen LogP contribution is -2.08. The van der Waals surface area contributed by atoms with Crippen LogP contribution < -0.4 is 9.47 Å². The van der Waals surface area contributed by atoms with E-state index in [1.807, 2.05) is 47.0 Å². The molecule has 0 saturated heterocycles. The molecule has 3 aromatic carbocycles. The minimum Gasteiger partial charge on any atom is -0.506 e. The summed E-state index contributed by atoms with van der Waals surface area (Å²) in [5.41, 5.74) is 2.45. The topological polar surface area (TPSA) is 60.7 Å². The zero-order valence-corrected chi connectivity index (χ0v) is 15.5. The van der Waals surface area contributed by atoms with Gasteiger partial charge in [0.05, 0.1) is 37.2 Å². The second-order valence-corrected chi connectivity index (χ2v) is 6.31. The van der Waals surface area contributed by atoms with Gasteiger partial charge in [0, 0.05) is 17.0 Å². The van der Waals surface area contributed by atoms with Crippen molar-refractivity contribution in [3.05, 3.63) is 84.1 Å². The highest BCUT2D eigenvalue weighted by atomic mass is 16.5. The zero-order valence-electron chi connectivity index (χ0n) is 15.5. The quantitative estimate of drug-likeness (QED) is 0.520. The van der Waals surface area contributed by atoms with Crippen LogP contribution in [0.15, 0.2) is 72.9 Å². The largest absolute Gasteiger partial charge is 0.506 e. The van der Waals surface area contributed by atoms with Crippen molar-refractivity contribution in [3.8, 4) is 22.9 Å². The number of aromatic nitrogens is 1. The molecular weight excluding hydrogens is 354 g/mol. The average molecular weight is 373 g/mol. The van der Waals surface area contributed by atoms with Gasteiger partial charge in [-0.2, -0.15) is 0 Å². The van der Waals surface area contributed by atoms with Gasteiger partial charge in [-0.25, -0.2) is 0 Å². The summed E-state index contributed by atoms with van der Waals surface area (Å²) in [6.45, 7) is 0. The lowest BCUT2D eigenvalue weighted by atomic mass is 10.0. The molecule has 1 N–H and O–H groups in total. The van der Waals surface area contributed by atoms with E-state index in [9.17, 15) is 9.90 Å². The maximum atomic E-state index is 13.4. The Hall–Kier alpha value is -3.73. The van der Waals surface area contributed by atoms with Crippen molar-refractivity contribution in [1.29, 1.82) is 0 Å². The maximum Gasteiger partial charge on any atom is 0.198 e. The first-order valence-corrected chi connectivity index (χ1v) is 8.79. The minimum absolute atomic E-state index is 0.167. The summed E-state index contributed by atoms with van der Waals surface area (Å²) >= 11 is 0. The molecule has 5 heteroatoms. The van der Waals surface area contributed by atoms with E-state index < -0.39 is 0 Å². The lowest BCUT2D eigenvalue weighted by Gasteiger charge is -2.13. The summed E-state index contributed by atoms with van der Waals surface area (Å²) in [7, 11) is 3.09. The molecule has 4 rings (SSSR count). The Labute approximate surface area is 162 Å². The molecule has 5 nitrogen and oxygen atoms in total. The maximum absolute atomic E-state index is 13.4. The molecule has 0 spiro atoms.